The molecule has 0 aliphatic heterocycles. The van der Waals surface area contributed by atoms with E-state index in [0.717, 1.165) is 24.2 Å². The third-order valence-corrected chi connectivity index (χ3v) is 5.10. The lowest BCUT2D eigenvalue weighted by atomic mass is 9.94. The molecule has 0 aromatic heterocycles. The quantitative estimate of drug-likeness (QED) is 0.827. The molecule has 21 heavy (non-hydrogen) atoms. The molecule has 1 aliphatic carbocycles. The van der Waals surface area contributed by atoms with Crippen molar-refractivity contribution in [2.45, 2.75) is 50.8 Å². The van der Waals surface area contributed by atoms with Crippen molar-refractivity contribution in [3.05, 3.63) is 29.3 Å². The topological polar surface area (TPSA) is 55.1 Å². The maximum absolute atomic E-state index is 12.4. The van der Waals surface area contributed by atoms with Crippen molar-refractivity contribution in [3.63, 3.8) is 0 Å². The van der Waals surface area contributed by atoms with Gasteiger partial charge in [0.1, 0.15) is 0 Å². The molecule has 1 fully saturated rings. The summed E-state index contributed by atoms with van der Waals surface area (Å²) in [4.78, 5) is 12.4. The van der Waals surface area contributed by atoms with E-state index in [0.29, 0.717) is 22.5 Å². The number of carbonyl (C=O) groups excluding carboxylic acids is 1. The Morgan fingerprint density at radius 3 is 2.90 bits per heavy atom. The van der Waals surface area contributed by atoms with E-state index in [1.807, 2.05) is 30.8 Å². The number of halogens is 1. The number of hydrogen-bond donors (Lipinski definition) is 2. The van der Waals surface area contributed by atoms with Gasteiger partial charge >= 0.3 is 0 Å². The lowest BCUT2D eigenvalue weighted by Gasteiger charge is -2.29. The molecule has 1 amide bonds. The third-order valence-electron chi connectivity index (χ3n) is 3.87. The zero-order chi connectivity index (χ0) is 14.5. The van der Waals surface area contributed by atoms with Gasteiger partial charge in [0.15, 0.2) is 0 Å². The number of nitrogens with one attached hydrogen (secondary N) is 1. The number of aryl methyl sites for hydroxylation is 1. The monoisotopic (exact) mass is 328 g/mol. The molecule has 1 aliphatic rings. The fraction of sp³-hybridized carbons (Fsp3) is 0.562. The Kier molecular flexibility index (Phi) is 7.40. The van der Waals surface area contributed by atoms with Crippen LogP contribution in [0.25, 0.3) is 0 Å². The first kappa shape index (κ1) is 18.2. The molecule has 1 saturated carbocycles. The smallest absolute Gasteiger partial charge is 0.251 e. The lowest BCUT2D eigenvalue weighted by molar-refractivity contribution is 0.0928. The molecule has 1 aromatic carbocycles. The first-order chi connectivity index (χ1) is 9.60. The number of rotatable bonds is 4. The molecular weight excluding hydrogens is 304 g/mol. The second-order valence-electron chi connectivity index (χ2n) is 5.49. The summed E-state index contributed by atoms with van der Waals surface area (Å²) in [6.45, 7) is 4.15. The van der Waals surface area contributed by atoms with Gasteiger partial charge in [-0.05, 0) is 49.6 Å². The van der Waals surface area contributed by atoms with E-state index in [1.54, 1.807) is 6.07 Å². The Morgan fingerprint density at radius 2 is 2.19 bits per heavy atom. The van der Waals surface area contributed by atoms with Gasteiger partial charge < -0.3 is 11.1 Å². The molecule has 0 radical (unpaired) electrons. The van der Waals surface area contributed by atoms with E-state index in [4.69, 9.17) is 5.73 Å². The highest BCUT2D eigenvalue weighted by molar-refractivity contribution is 7.99. The average Bonchev–Trinajstić information content (AvgIpc) is 2.42. The maximum atomic E-state index is 12.4. The summed E-state index contributed by atoms with van der Waals surface area (Å²) in [7, 11) is 0. The number of thioether (sulfide) groups is 1. The van der Waals surface area contributed by atoms with Crippen molar-refractivity contribution in [2.24, 2.45) is 0 Å². The van der Waals surface area contributed by atoms with Crippen LogP contribution >= 0.6 is 24.2 Å². The van der Waals surface area contributed by atoms with Crippen LogP contribution in [0.15, 0.2) is 18.2 Å². The number of anilines is 1. The van der Waals surface area contributed by atoms with Gasteiger partial charge in [0, 0.05) is 22.5 Å². The van der Waals surface area contributed by atoms with Crippen molar-refractivity contribution >= 4 is 35.8 Å². The van der Waals surface area contributed by atoms with Crippen molar-refractivity contribution in [2.75, 3.05) is 11.5 Å². The zero-order valence-corrected chi connectivity index (χ0v) is 14.4. The van der Waals surface area contributed by atoms with E-state index in [2.05, 4.69) is 12.2 Å². The van der Waals surface area contributed by atoms with E-state index < -0.39 is 0 Å². The highest BCUT2D eigenvalue weighted by Gasteiger charge is 2.23. The van der Waals surface area contributed by atoms with E-state index in [-0.39, 0.29) is 18.3 Å². The van der Waals surface area contributed by atoms with Crippen LogP contribution in [0.1, 0.15) is 48.5 Å². The Hall–Kier alpha value is -0.870. The number of nitrogens with two attached hydrogens (primary N) is 1. The summed E-state index contributed by atoms with van der Waals surface area (Å²) in [5.41, 5.74) is 8.10. The third kappa shape index (κ3) is 5.11. The number of benzene rings is 1. The van der Waals surface area contributed by atoms with Gasteiger partial charge in [-0.15, -0.1) is 12.4 Å². The molecule has 0 bridgehead atoms. The summed E-state index contributed by atoms with van der Waals surface area (Å²) in [5.74, 6) is 1.17. The molecule has 0 saturated heterocycles. The van der Waals surface area contributed by atoms with Gasteiger partial charge in [0.2, 0.25) is 0 Å². The fourth-order valence-corrected chi connectivity index (χ4v) is 3.98. The summed E-state index contributed by atoms with van der Waals surface area (Å²) < 4.78 is 0. The summed E-state index contributed by atoms with van der Waals surface area (Å²) in [5, 5.41) is 3.88. The highest BCUT2D eigenvalue weighted by atomic mass is 35.5. The molecule has 0 spiro atoms. The predicted molar refractivity (Wildman–Crippen MR) is 94.5 cm³/mol. The molecular formula is C16H25ClN2OS. The molecule has 3 N–H and O–H groups in total. The molecule has 1 aromatic rings. The van der Waals surface area contributed by atoms with Crippen molar-refractivity contribution in [1.82, 2.24) is 5.32 Å². The van der Waals surface area contributed by atoms with Crippen LogP contribution in [0.5, 0.6) is 0 Å². The number of hydrogen-bond acceptors (Lipinski definition) is 3. The zero-order valence-electron chi connectivity index (χ0n) is 12.7. The molecule has 2 unspecified atom stereocenters. The van der Waals surface area contributed by atoms with E-state index in [9.17, 15) is 4.79 Å². The SMILES string of the molecule is CCSC1CCCC(NC(=O)c2cc(N)ccc2C)C1.Cl. The second-order valence-corrected chi connectivity index (χ2v) is 7.07. The van der Waals surface area contributed by atoms with Crippen LogP contribution < -0.4 is 11.1 Å². The minimum Gasteiger partial charge on any atom is -0.399 e. The van der Waals surface area contributed by atoms with E-state index >= 15 is 0 Å². The second kappa shape index (κ2) is 8.54. The molecule has 0 heterocycles. The van der Waals surface area contributed by atoms with Gasteiger partial charge in [0.05, 0.1) is 0 Å². The van der Waals surface area contributed by atoms with Gasteiger partial charge in [-0.1, -0.05) is 19.4 Å². The van der Waals surface area contributed by atoms with Crippen LogP contribution in [0.4, 0.5) is 5.69 Å². The highest BCUT2D eigenvalue weighted by Crippen LogP contribution is 2.28. The molecule has 118 valence electrons. The van der Waals surface area contributed by atoms with Gasteiger partial charge in [-0.3, -0.25) is 4.79 Å². The number of carbonyl (C=O) groups is 1. The first-order valence-corrected chi connectivity index (χ1v) is 8.43. The Bertz CT molecular complexity index is 479. The number of nitrogen functional groups attached to an aromatic ring is 1. The minimum atomic E-state index is 0. The minimum absolute atomic E-state index is 0. The molecule has 3 nitrogen and oxygen atoms in total. The Balaban J connectivity index is 0.00000220. The van der Waals surface area contributed by atoms with Crippen LogP contribution in [0, 0.1) is 6.92 Å². The van der Waals surface area contributed by atoms with Crippen LogP contribution in [-0.2, 0) is 0 Å². The van der Waals surface area contributed by atoms with Crippen molar-refractivity contribution in [1.29, 1.82) is 0 Å². The van der Waals surface area contributed by atoms with Gasteiger partial charge in [-0.25, -0.2) is 0 Å². The number of amides is 1. The molecule has 2 rings (SSSR count). The molecule has 5 heteroatoms. The summed E-state index contributed by atoms with van der Waals surface area (Å²) in [6.07, 6.45) is 4.67. The Morgan fingerprint density at radius 1 is 1.43 bits per heavy atom. The lowest BCUT2D eigenvalue weighted by Crippen LogP contribution is -2.39. The van der Waals surface area contributed by atoms with Crippen LogP contribution in [0.3, 0.4) is 0 Å². The predicted octanol–water partition coefficient (Wildman–Crippen LogP) is 3.79. The van der Waals surface area contributed by atoms with Gasteiger partial charge in [-0.2, -0.15) is 11.8 Å². The largest absolute Gasteiger partial charge is 0.399 e. The van der Waals surface area contributed by atoms with Crippen molar-refractivity contribution < 1.29 is 4.79 Å². The maximum Gasteiger partial charge on any atom is 0.251 e. The van der Waals surface area contributed by atoms with E-state index in [1.165, 1.54) is 12.8 Å². The first-order valence-electron chi connectivity index (χ1n) is 7.38. The normalized spacial score (nSPS) is 21.4. The molecule has 2 atom stereocenters. The standard InChI is InChI=1S/C16H24N2OS.ClH/c1-3-20-14-6-4-5-13(10-14)18-16(19)15-9-12(17)8-7-11(15)2;/h7-9,13-14H,3-6,10,17H2,1-2H3,(H,18,19);1H. The van der Waals surface area contributed by atoms with Crippen molar-refractivity contribution in [3.8, 4) is 0 Å². The summed E-state index contributed by atoms with van der Waals surface area (Å²) >= 11 is 2.01. The van der Waals surface area contributed by atoms with Gasteiger partial charge in [0.25, 0.3) is 5.91 Å². The Labute approximate surface area is 137 Å². The fourth-order valence-electron chi connectivity index (χ4n) is 2.81. The summed E-state index contributed by atoms with van der Waals surface area (Å²) in [6, 6.07) is 5.81. The average molecular weight is 329 g/mol. The van der Waals surface area contributed by atoms with Crippen LogP contribution in [-0.4, -0.2) is 23.0 Å². The van der Waals surface area contributed by atoms with Crippen LogP contribution in [0.2, 0.25) is 0 Å².